The van der Waals surface area contributed by atoms with Gasteiger partial charge >= 0.3 is 0 Å². The largest absolute Gasteiger partial charge is 0.351 e. The molecule has 1 unspecified atom stereocenters. The fraction of sp³-hybridized carbons (Fsp3) is 0.370. The molecule has 9 nitrogen and oxygen atoms in total. The highest BCUT2D eigenvalue weighted by Crippen LogP contribution is 2.31. The van der Waals surface area contributed by atoms with Crippen molar-refractivity contribution in [1.29, 1.82) is 0 Å². The highest BCUT2D eigenvalue weighted by molar-refractivity contribution is 6.01. The van der Waals surface area contributed by atoms with Crippen molar-refractivity contribution in [2.24, 2.45) is 7.05 Å². The van der Waals surface area contributed by atoms with E-state index in [-0.39, 0.29) is 24.2 Å². The van der Waals surface area contributed by atoms with E-state index in [1.54, 1.807) is 30.9 Å². The summed E-state index contributed by atoms with van der Waals surface area (Å²) >= 11 is 0. The van der Waals surface area contributed by atoms with Gasteiger partial charge in [0.1, 0.15) is 23.9 Å². The number of rotatable bonds is 7. The average molecular weight is 504 g/mol. The van der Waals surface area contributed by atoms with Crippen LogP contribution in [0.15, 0.2) is 54.7 Å². The summed E-state index contributed by atoms with van der Waals surface area (Å²) in [6.45, 7) is 1.62. The maximum absolute atomic E-state index is 14.4. The van der Waals surface area contributed by atoms with Crippen molar-refractivity contribution < 1.29 is 14.0 Å². The Bertz CT molecular complexity index is 1420. The highest BCUT2D eigenvalue weighted by Gasteiger charge is 2.36. The van der Waals surface area contributed by atoms with Crippen LogP contribution >= 0.6 is 0 Å². The summed E-state index contributed by atoms with van der Waals surface area (Å²) < 4.78 is 17.5. The number of anilines is 1. The Kier molecular flexibility index (Phi) is 6.98. The molecule has 1 aliphatic carbocycles. The van der Waals surface area contributed by atoms with Gasteiger partial charge in [-0.2, -0.15) is 5.10 Å². The van der Waals surface area contributed by atoms with Crippen LogP contribution in [0.4, 0.5) is 10.1 Å². The Morgan fingerprint density at radius 2 is 1.92 bits per heavy atom. The van der Waals surface area contributed by atoms with Crippen LogP contribution in [0.2, 0.25) is 0 Å². The molecule has 0 aliphatic heterocycles. The maximum atomic E-state index is 14.4. The quantitative estimate of drug-likeness (QED) is 0.413. The second-order valence-electron chi connectivity index (χ2n) is 9.57. The highest BCUT2D eigenvalue weighted by atomic mass is 19.1. The lowest BCUT2D eigenvalue weighted by Crippen LogP contribution is -2.48. The zero-order valence-corrected chi connectivity index (χ0v) is 21.0. The summed E-state index contributed by atoms with van der Waals surface area (Å²) in [5.74, 6) is -1.24. The van der Waals surface area contributed by atoms with Crippen molar-refractivity contribution >= 4 is 28.5 Å². The number of hydrogen-bond donors (Lipinski definition) is 1. The number of carbonyl (C=O) groups excluding carboxylic acids is 2. The molecule has 37 heavy (non-hydrogen) atoms. The van der Waals surface area contributed by atoms with Crippen LogP contribution in [-0.2, 0) is 23.2 Å². The standard InChI is InChI=1S/C27H30FN7O2/c1-18-22(16-33(2)31-18)26(27(37)29-20-10-4-3-5-11-20)35(21-12-8-9-19(28)15-21)25(36)17-34-24-14-7-6-13-23(24)30-32-34/h6-9,12-16,20,26H,3-5,10-11,17H2,1-2H3,(H,29,37). The molecule has 2 aromatic carbocycles. The van der Waals surface area contributed by atoms with E-state index in [4.69, 9.17) is 0 Å². The topological polar surface area (TPSA) is 97.9 Å². The lowest BCUT2D eigenvalue weighted by Gasteiger charge is -2.33. The molecule has 192 valence electrons. The summed E-state index contributed by atoms with van der Waals surface area (Å²) in [4.78, 5) is 29.3. The van der Waals surface area contributed by atoms with Crippen LogP contribution < -0.4 is 10.2 Å². The van der Waals surface area contributed by atoms with Gasteiger partial charge in [0.15, 0.2) is 0 Å². The number of aryl methyl sites for hydroxylation is 2. The zero-order chi connectivity index (χ0) is 25.9. The van der Waals surface area contributed by atoms with Crippen molar-refractivity contribution in [2.45, 2.75) is 57.7 Å². The number of fused-ring (bicyclic) bond motifs is 1. The van der Waals surface area contributed by atoms with E-state index in [1.807, 2.05) is 24.3 Å². The van der Waals surface area contributed by atoms with Crippen LogP contribution in [0.5, 0.6) is 0 Å². The van der Waals surface area contributed by atoms with Crippen LogP contribution in [0.3, 0.4) is 0 Å². The minimum Gasteiger partial charge on any atom is -0.351 e. The van der Waals surface area contributed by atoms with Gasteiger partial charge in [0.05, 0.1) is 11.2 Å². The SMILES string of the molecule is Cc1nn(C)cc1C(C(=O)NC1CCCCC1)N(C(=O)Cn1nnc2ccccc21)c1cccc(F)c1. The smallest absolute Gasteiger partial charge is 0.249 e. The number of carbonyl (C=O) groups is 2. The molecule has 0 bridgehead atoms. The predicted octanol–water partition coefficient (Wildman–Crippen LogP) is 3.84. The molecule has 2 amide bonds. The number of benzene rings is 2. The Morgan fingerprint density at radius 1 is 1.14 bits per heavy atom. The molecule has 2 aromatic heterocycles. The van der Waals surface area contributed by atoms with E-state index in [2.05, 4.69) is 20.7 Å². The number of nitrogens with zero attached hydrogens (tertiary/aromatic N) is 6. The van der Waals surface area contributed by atoms with E-state index < -0.39 is 17.8 Å². The molecule has 0 radical (unpaired) electrons. The minimum absolute atomic E-state index is 0.0319. The zero-order valence-electron chi connectivity index (χ0n) is 21.0. The molecule has 5 rings (SSSR count). The molecule has 10 heteroatoms. The Labute approximate surface area is 214 Å². The van der Waals surface area contributed by atoms with E-state index in [0.717, 1.165) is 32.1 Å². The lowest BCUT2D eigenvalue weighted by atomic mass is 9.94. The van der Waals surface area contributed by atoms with Gasteiger partial charge in [-0.15, -0.1) is 5.10 Å². The number of aromatic nitrogens is 5. The summed E-state index contributed by atoms with van der Waals surface area (Å²) in [6.07, 6.45) is 6.77. The second kappa shape index (κ2) is 10.5. The van der Waals surface area contributed by atoms with Crippen LogP contribution in [0.1, 0.15) is 49.4 Å². The van der Waals surface area contributed by atoms with Gasteiger partial charge in [0, 0.05) is 30.5 Å². The molecule has 1 atom stereocenters. The van der Waals surface area contributed by atoms with Gasteiger partial charge in [-0.3, -0.25) is 19.2 Å². The first-order valence-corrected chi connectivity index (χ1v) is 12.6. The Morgan fingerprint density at radius 3 is 2.65 bits per heavy atom. The van der Waals surface area contributed by atoms with Gasteiger partial charge in [-0.05, 0) is 50.1 Å². The third-order valence-electron chi connectivity index (χ3n) is 6.86. The normalized spacial score (nSPS) is 15.0. The molecule has 0 saturated heterocycles. The Balaban J connectivity index is 1.57. The summed E-state index contributed by atoms with van der Waals surface area (Å²) in [5, 5.41) is 15.9. The first-order valence-electron chi connectivity index (χ1n) is 12.6. The van der Waals surface area contributed by atoms with Crippen molar-refractivity contribution in [3.8, 4) is 0 Å². The molecule has 1 saturated carbocycles. The number of hydrogen-bond acceptors (Lipinski definition) is 5. The average Bonchev–Trinajstić information content (AvgIpc) is 3.44. The van der Waals surface area contributed by atoms with E-state index in [9.17, 15) is 14.0 Å². The van der Waals surface area contributed by atoms with Crippen LogP contribution in [0, 0.1) is 12.7 Å². The molecule has 1 N–H and O–H groups in total. The third kappa shape index (κ3) is 5.23. The van der Waals surface area contributed by atoms with E-state index >= 15 is 0 Å². The van der Waals surface area contributed by atoms with E-state index in [1.165, 1.54) is 27.8 Å². The Hall–Kier alpha value is -4.08. The first kappa shape index (κ1) is 24.6. The molecular formula is C27H30FN7O2. The summed E-state index contributed by atoms with van der Waals surface area (Å²) in [7, 11) is 1.77. The number of nitrogens with one attached hydrogen (secondary N) is 1. The maximum Gasteiger partial charge on any atom is 0.249 e. The molecule has 1 fully saturated rings. The van der Waals surface area contributed by atoms with Gasteiger partial charge in [-0.25, -0.2) is 9.07 Å². The summed E-state index contributed by atoms with van der Waals surface area (Å²) in [5.41, 5.74) is 2.82. The van der Waals surface area contributed by atoms with E-state index in [0.29, 0.717) is 22.3 Å². The number of amides is 2. The first-order chi connectivity index (χ1) is 17.9. The minimum atomic E-state index is -1.04. The van der Waals surface area contributed by atoms with Crippen molar-refractivity contribution in [2.75, 3.05) is 4.90 Å². The fourth-order valence-corrected chi connectivity index (χ4v) is 5.11. The fourth-order valence-electron chi connectivity index (χ4n) is 5.11. The van der Waals surface area contributed by atoms with Gasteiger partial charge < -0.3 is 5.32 Å². The van der Waals surface area contributed by atoms with Gasteiger partial charge in [0.2, 0.25) is 11.8 Å². The van der Waals surface area contributed by atoms with Crippen LogP contribution in [0.25, 0.3) is 11.0 Å². The molecule has 2 heterocycles. The molecular weight excluding hydrogens is 473 g/mol. The number of para-hydroxylation sites is 1. The summed E-state index contributed by atoms with van der Waals surface area (Å²) in [6, 6.07) is 12.1. The second-order valence-corrected chi connectivity index (χ2v) is 9.57. The monoisotopic (exact) mass is 503 g/mol. The lowest BCUT2D eigenvalue weighted by molar-refractivity contribution is -0.127. The van der Waals surface area contributed by atoms with Crippen LogP contribution in [-0.4, -0.2) is 42.6 Å². The molecule has 1 aliphatic rings. The number of halogens is 1. The predicted molar refractivity (Wildman–Crippen MR) is 137 cm³/mol. The van der Waals surface area contributed by atoms with Crippen molar-refractivity contribution in [1.82, 2.24) is 30.1 Å². The van der Waals surface area contributed by atoms with Crippen molar-refractivity contribution in [3.05, 3.63) is 71.8 Å². The van der Waals surface area contributed by atoms with Crippen molar-refractivity contribution in [3.63, 3.8) is 0 Å². The third-order valence-corrected chi connectivity index (χ3v) is 6.86. The van der Waals surface area contributed by atoms with Gasteiger partial charge in [-0.1, -0.05) is 42.7 Å². The molecule has 4 aromatic rings. The van der Waals surface area contributed by atoms with Gasteiger partial charge in [0.25, 0.3) is 0 Å². The molecule has 0 spiro atoms.